The van der Waals surface area contributed by atoms with Crippen LogP contribution < -0.4 is 11.0 Å². The Bertz CT molecular complexity index is 462. The molecule has 1 aromatic heterocycles. The van der Waals surface area contributed by atoms with E-state index in [2.05, 4.69) is 10.3 Å². The van der Waals surface area contributed by atoms with Crippen LogP contribution in [-0.2, 0) is 16.1 Å². The van der Waals surface area contributed by atoms with Gasteiger partial charge < -0.3 is 15.0 Å². The number of nitrogens with zero attached hydrogens (tertiary/aromatic N) is 1. The summed E-state index contributed by atoms with van der Waals surface area (Å²) in [6.45, 7) is 8.03. The smallest absolute Gasteiger partial charge is 0.325 e. The number of imidazole rings is 1. The Morgan fingerprint density at radius 1 is 1.42 bits per heavy atom. The van der Waals surface area contributed by atoms with Crippen molar-refractivity contribution in [3.05, 3.63) is 21.9 Å². The Balaban J connectivity index is 2.28. The molecule has 0 aliphatic rings. The molecule has 6 nitrogen and oxygen atoms in total. The lowest BCUT2D eigenvalue weighted by atomic mass is 10.3. The Morgan fingerprint density at radius 3 is 2.74 bits per heavy atom. The number of H-pyrrole nitrogens is 1. The van der Waals surface area contributed by atoms with Crippen molar-refractivity contribution in [2.24, 2.45) is 0 Å². The first-order chi connectivity index (χ1) is 9.06. The van der Waals surface area contributed by atoms with Gasteiger partial charge in [-0.3, -0.25) is 9.36 Å². The summed E-state index contributed by atoms with van der Waals surface area (Å²) in [5.74, 6) is -0.0401. The molecule has 6 heteroatoms. The maximum atomic E-state index is 11.6. The Labute approximate surface area is 113 Å². The van der Waals surface area contributed by atoms with Crippen LogP contribution in [-0.4, -0.2) is 35.2 Å². The second-order valence-corrected chi connectivity index (χ2v) is 4.44. The van der Waals surface area contributed by atoms with Crippen LogP contribution >= 0.6 is 0 Å². The van der Waals surface area contributed by atoms with E-state index >= 15 is 0 Å². The summed E-state index contributed by atoms with van der Waals surface area (Å²) in [6.07, 6.45) is 1.12. The van der Waals surface area contributed by atoms with Crippen molar-refractivity contribution in [2.75, 3.05) is 19.8 Å². The van der Waals surface area contributed by atoms with Crippen molar-refractivity contribution in [1.29, 1.82) is 0 Å². The zero-order valence-corrected chi connectivity index (χ0v) is 11.9. The first-order valence-electron chi connectivity index (χ1n) is 6.66. The fourth-order valence-corrected chi connectivity index (χ4v) is 1.79. The van der Waals surface area contributed by atoms with Gasteiger partial charge in [-0.2, -0.15) is 0 Å². The van der Waals surface area contributed by atoms with Gasteiger partial charge in [0, 0.05) is 44.1 Å². The molecule has 0 fully saturated rings. The molecule has 0 saturated heterocycles. The highest BCUT2D eigenvalue weighted by atomic mass is 16.5. The molecule has 0 aliphatic heterocycles. The van der Waals surface area contributed by atoms with Gasteiger partial charge in [-0.15, -0.1) is 0 Å². The van der Waals surface area contributed by atoms with Crippen LogP contribution in [0.3, 0.4) is 0 Å². The lowest BCUT2D eigenvalue weighted by molar-refractivity contribution is -0.121. The Morgan fingerprint density at radius 2 is 2.16 bits per heavy atom. The highest BCUT2D eigenvalue weighted by Gasteiger charge is 2.08. The van der Waals surface area contributed by atoms with Crippen molar-refractivity contribution in [3.8, 4) is 0 Å². The Hall–Kier alpha value is -1.56. The minimum atomic E-state index is -0.154. The van der Waals surface area contributed by atoms with Crippen molar-refractivity contribution >= 4 is 5.91 Å². The van der Waals surface area contributed by atoms with E-state index in [9.17, 15) is 9.59 Å². The average Bonchev–Trinajstić information content (AvgIpc) is 2.61. The van der Waals surface area contributed by atoms with Crippen molar-refractivity contribution < 1.29 is 9.53 Å². The molecule has 0 radical (unpaired) electrons. The zero-order valence-electron chi connectivity index (χ0n) is 11.9. The zero-order chi connectivity index (χ0) is 14.3. The summed E-state index contributed by atoms with van der Waals surface area (Å²) in [4.78, 5) is 25.9. The lowest BCUT2D eigenvalue weighted by Gasteiger charge is -2.06. The van der Waals surface area contributed by atoms with Crippen LogP contribution in [0.1, 0.15) is 31.2 Å². The van der Waals surface area contributed by atoms with Crippen LogP contribution in [0.4, 0.5) is 0 Å². The van der Waals surface area contributed by atoms with Gasteiger partial charge in [0.15, 0.2) is 0 Å². The number of rotatable bonds is 8. The maximum absolute atomic E-state index is 11.6. The van der Waals surface area contributed by atoms with Gasteiger partial charge in [0.05, 0.1) is 0 Å². The monoisotopic (exact) mass is 269 g/mol. The summed E-state index contributed by atoms with van der Waals surface area (Å²) >= 11 is 0. The summed E-state index contributed by atoms with van der Waals surface area (Å²) in [7, 11) is 0. The van der Waals surface area contributed by atoms with E-state index in [1.165, 1.54) is 0 Å². The van der Waals surface area contributed by atoms with E-state index < -0.39 is 0 Å². The topological polar surface area (TPSA) is 76.1 Å². The van der Waals surface area contributed by atoms with Crippen LogP contribution in [0, 0.1) is 13.8 Å². The SMILES string of the molecule is CCOCCCNC(=O)CCn1c(C)c(C)[nH]c1=O. The van der Waals surface area contributed by atoms with Gasteiger partial charge in [-0.05, 0) is 27.2 Å². The van der Waals surface area contributed by atoms with Gasteiger partial charge in [0.25, 0.3) is 0 Å². The molecule has 0 saturated carbocycles. The number of ether oxygens (including phenoxy) is 1. The minimum absolute atomic E-state index is 0.0401. The molecule has 0 unspecified atom stereocenters. The third-order valence-electron chi connectivity index (χ3n) is 3.04. The second kappa shape index (κ2) is 7.78. The van der Waals surface area contributed by atoms with Gasteiger partial charge in [-0.25, -0.2) is 4.79 Å². The first kappa shape index (κ1) is 15.5. The number of amides is 1. The molecule has 1 heterocycles. The standard InChI is InChI=1S/C13H23N3O3/c1-4-19-9-5-7-14-12(17)6-8-16-11(3)10(2)15-13(16)18/h4-9H2,1-3H3,(H,14,17)(H,15,18). The number of aryl methyl sites for hydroxylation is 1. The molecule has 0 spiro atoms. The molecule has 2 N–H and O–H groups in total. The van der Waals surface area contributed by atoms with Crippen LogP contribution in [0.25, 0.3) is 0 Å². The van der Waals surface area contributed by atoms with Crippen molar-refractivity contribution in [1.82, 2.24) is 14.9 Å². The van der Waals surface area contributed by atoms with Crippen LogP contribution in [0.15, 0.2) is 4.79 Å². The summed E-state index contributed by atoms with van der Waals surface area (Å²) in [5, 5.41) is 2.81. The fraction of sp³-hybridized carbons (Fsp3) is 0.692. The number of nitrogens with one attached hydrogen (secondary N) is 2. The molecule has 0 aromatic carbocycles. The highest BCUT2D eigenvalue weighted by Crippen LogP contribution is 2.01. The molecule has 0 atom stereocenters. The minimum Gasteiger partial charge on any atom is -0.382 e. The van der Waals surface area contributed by atoms with Gasteiger partial charge in [0.1, 0.15) is 0 Å². The molecule has 1 amide bonds. The third kappa shape index (κ3) is 4.90. The van der Waals surface area contributed by atoms with Crippen molar-refractivity contribution in [2.45, 2.75) is 40.2 Å². The average molecular weight is 269 g/mol. The normalized spacial score (nSPS) is 10.7. The Kier molecular flexibility index (Phi) is 6.35. The molecule has 0 aliphatic carbocycles. The number of aromatic amines is 1. The van der Waals surface area contributed by atoms with Crippen LogP contribution in [0.2, 0.25) is 0 Å². The van der Waals surface area contributed by atoms with E-state index in [0.717, 1.165) is 17.8 Å². The molecule has 108 valence electrons. The first-order valence-corrected chi connectivity index (χ1v) is 6.66. The van der Waals surface area contributed by atoms with E-state index in [1.54, 1.807) is 4.57 Å². The summed E-state index contributed by atoms with van der Waals surface area (Å²) < 4.78 is 6.77. The van der Waals surface area contributed by atoms with E-state index in [-0.39, 0.29) is 11.6 Å². The number of hydrogen-bond donors (Lipinski definition) is 2. The number of aromatic nitrogens is 2. The van der Waals surface area contributed by atoms with Gasteiger partial charge in [0.2, 0.25) is 5.91 Å². The molecule has 19 heavy (non-hydrogen) atoms. The summed E-state index contributed by atoms with van der Waals surface area (Å²) in [6, 6.07) is 0. The van der Waals surface area contributed by atoms with Gasteiger partial charge in [-0.1, -0.05) is 0 Å². The number of hydrogen-bond acceptors (Lipinski definition) is 3. The predicted molar refractivity (Wildman–Crippen MR) is 73.3 cm³/mol. The maximum Gasteiger partial charge on any atom is 0.325 e. The summed E-state index contributed by atoms with van der Waals surface area (Å²) in [5.41, 5.74) is 1.58. The molecule has 1 rings (SSSR count). The third-order valence-corrected chi connectivity index (χ3v) is 3.04. The molecule has 0 bridgehead atoms. The predicted octanol–water partition coefficient (Wildman–Crippen LogP) is 0.726. The fourth-order valence-electron chi connectivity index (χ4n) is 1.79. The number of carbonyl (C=O) groups is 1. The van der Waals surface area contributed by atoms with Gasteiger partial charge >= 0.3 is 5.69 Å². The van der Waals surface area contributed by atoms with E-state index in [0.29, 0.717) is 32.7 Å². The second-order valence-electron chi connectivity index (χ2n) is 4.44. The van der Waals surface area contributed by atoms with Crippen molar-refractivity contribution in [3.63, 3.8) is 0 Å². The van der Waals surface area contributed by atoms with Crippen LogP contribution in [0.5, 0.6) is 0 Å². The lowest BCUT2D eigenvalue weighted by Crippen LogP contribution is -2.28. The quantitative estimate of drug-likeness (QED) is 0.683. The highest BCUT2D eigenvalue weighted by molar-refractivity contribution is 5.75. The number of carbonyl (C=O) groups excluding carboxylic acids is 1. The van der Waals surface area contributed by atoms with E-state index in [1.807, 2.05) is 20.8 Å². The molecule has 1 aromatic rings. The molecular weight excluding hydrogens is 246 g/mol. The van der Waals surface area contributed by atoms with E-state index in [4.69, 9.17) is 4.74 Å². The molecular formula is C13H23N3O3. The largest absolute Gasteiger partial charge is 0.382 e.